The van der Waals surface area contributed by atoms with Gasteiger partial charge in [-0.3, -0.25) is 4.79 Å². The van der Waals surface area contributed by atoms with Crippen LogP contribution < -0.4 is 14.8 Å². The van der Waals surface area contributed by atoms with Gasteiger partial charge in [-0.05, 0) is 42.3 Å². The van der Waals surface area contributed by atoms with Crippen molar-refractivity contribution in [2.24, 2.45) is 5.10 Å². The lowest BCUT2D eigenvalue weighted by molar-refractivity contribution is -0.133. The van der Waals surface area contributed by atoms with Crippen LogP contribution in [0.1, 0.15) is 30.5 Å². The van der Waals surface area contributed by atoms with Gasteiger partial charge in [0.2, 0.25) is 0 Å². The van der Waals surface area contributed by atoms with Crippen LogP contribution in [0.15, 0.2) is 47.6 Å². The van der Waals surface area contributed by atoms with Crippen molar-refractivity contribution < 1.29 is 28.2 Å². The molecule has 0 fully saturated rings. The molecule has 0 aromatic heterocycles. The van der Waals surface area contributed by atoms with Gasteiger partial charge < -0.3 is 24.4 Å². The summed E-state index contributed by atoms with van der Waals surface area (Å²) >= 11 is 0. The molecule has 0 saturated heterocycles. The first-order valence-corrected chi connectivity index (χ1v) is 11.3. The normalized spacial score (nSPS) is 14.9. The number of amides is 3. The Morgan fingerprint density at radius 3 is 2.46 bits per heavy atom. The highest BCUT2D eigenvalue weighted by Crippen LogP contribution is 2.37. The summed E-state index contributed by atoms with van der Waals surface area (Å²) < 4.78 is 29.4. The Morgan fingerprint density at radius 1 is 1.11 bits per heavy atom. The molecule has 1 atom stereocenters. The van der Waals surface area contributed by atoms with Crippen LogP contribution in [0.25, 0.3) is 0 Å². The van der Waals surface area contributed by atoms with Crippen LogP contribution in [-0.4, -0.2) is 75.1 Å². The first-order valence-electron chi connectivity index (χ1n) is 11.3. The van der Waals surface area contributed by atoms with E-state index < -0.39 is 6.04 Å². The molecule has 2 aromatic carbocycles. The third kappa shape index (κ3) is 6.27. The number of carbonyl (C=O) groups excluding carboxylic acids is 2. The number of nitrogens with zero attached hydrogens (tertiary/aromatic N) is 3. The van der Waals surface area contributed by atoms with E-state index in [2.05, 4.69) is 10.4 Å². The fourth-order valence-corrected chi connectivity index (χ4v) is 3.83. The lowest BCUT2D eigenvalue weighted by Crippen LogP contribution is -2.47. The smallest absolute Gasteiger partial charge is 0.317 e. The minimum Gasteiger partial charge on any atom is -0.493 e. The summed E-state index contributed by atoms with van der Waals surface area (Å²) in [6.07, 6.45) is 0.409. The number of nitrogens with one attached hydrogen (secondary N) is 1. The fraction of sp³-hybridized carbons (Fsp3) is 0.400. The van der Waals surface area contributed by atoms with Gasteiger partial charge in [0, 0.05) is 26.6 Å². The van der Waals surface area contributed by atoms with Crippen LogP contribution in [0.2, 0.25) is 0 Å². The van der Waals surface area contributed by atoms with Gasteiger partial charge in [-0.15, -0.1) is 0 Å². The third-order valence-electron chi connectivity index (χ3n) is 5.64. The summed E-state index contributed by atoms with van der Waals surface area (Å²) in [7, 11) is 4.62. The van der Waals surface area contributed by atoms with Crippen molar-refractivity contribution in [2.45, 2.75) is 19.4 Å². The highest BCUT2D eigenvalue weighted by molar-refractivity contribution is 6.03. The van der Waals surface area contributed by atoms with E-state index in [1.54, 1.807) is 45.4 Å². The maximum absolute atomic E-state index is 13.5. The Morgan fingerprint density at radius 2 is 1.83 bits per heavy atom. The quantitative estimate of drug-likeness (QED) is 0.557. The van der Waals surface area contributed by atoms with Crippen molar-refractivity contribution >= 4 is 17.6 Å². The van der Waals surface area contributed by atoms with E-state index in [9.17, 15) is 14.0 Å². The Bertz CT molecular complexity index is 1060. The molecule has 0 spiro atoms. The van der Waals surface area contributed by atoms with Gasteiger partial charge in [0.15, 0.2) is 11.5 Å². The number of methoxy groups -OCH3 is 3. The molecular formula is C25H31FN4O5. The largest absolute Gasteiger partial charge is 0.493 e. The predicted molar refractivity (Wildman–Crippen MR) is 129 cm³/mol. The van der Waals surface area contributed by atoms with E-state index in [0.29, 0.717) is 35.7 Å². The second-order valence-electron chi connectivity index (χ2n) is 7.88. The number of halogens is 1. The Kier molecular flexibility index (Phi) is 9.02. The van der Waals surface area contributed by atoms with Crippen molar-refractivity contribution in [1.82, 2.24) is 15.2 Å². The molecule has 2 aromatic rings. The molecule has 0 aliphatic carbocycles. The van der Waals surface area contributed by atoms with Crippen molar-refractivity contribution in [3.8, 4) is 11.5 Å². The summed E-state index contributed by atoms with van der Waals surface area (Å²) in [5, 5.41) is 8.71. The molecular weight excluding hydrogens is 455 g/mol. The lowest BCUT2D eigenvalue weighted by Gasteiger charge is -2.27. The molecule has 1 heterocycles. The van der Waals surface area contributed by atoms with Gasteiger partial charge in [0.1, 0.15) is 12.4 Å². The van der Waals surface area contributed by atoms with Gasteiger partial charge >= 0.3 is 6.03 Å². The summed E-state index contributed by atoms with van der Waals surface area (Å²) in [6.45, 7) is 2.59. The molecule has 3 amide bonds. The standard InChI is InChI=1S/C25H31FN4O5/c1-5-27-25(32)29(12-13-33-2)16-24(31)30-21(18-8-11-22(34-3)23(14-18)35-4)15-20(28-30)17-6-9-19(26)10-7-17/h6-11,14,21H,5,12-13,15-16H2,1-4H3,(H,27,32). The average molecular weight is 487 g/mol. The first-order chi connectivity index (χ1) is 16.9. The number of hydrogen-bond donors (Lipinski definition) is 1. The molecule has 1 unspecified atom stereocenters. The first kappa shape index (κ1) is 26.0. The van der Waals surface area contributed by atoms with Crippen molar-refractivity contribution in [3.63, 3.8) is 0 Å². The second kappa shape index (κ2) is 12.2. The van der Waals surface area contributed by atoms with Crippen LogP contribution in [0.3, 0.4) is 0 Å². The van der Waals surface area contributed by atoms with Crippen LogP contribution in [0.4, 0.5) is 9.18 Å². The fourth-order valence-electron chi connectivity index (χ4n) is 3.83. The Labute approximate surface area is 204 Å². The molecule has 0 radical (unpaired) electrons. The number of rotatable bonds is 10. The van der Waals surface area contributed by atoms with Crippen LogP contribution >= 0.6 is 0 Å². The molecule has 3 rings (SSSR count). The zero-order valence-electron chi connectivity index (χ0n) is 20.4. The van der Waals surface area contributed by atoms with E-state index in [1.165, 1.54) is 29.2 Å². The number of urea groups is 1. The minimum atomic E-state index is -0.444. The number of hydrazone groups is 1. The molecule has 1 aliphatic rings. The summed E-state index contributed by atoms with van der Waals surface area (Å²) in [6, 6.07) is 10.6. The van der Waals surface area contributed by atoms with Crippen LogP contribution in [0.5, 0.6) is 11.5 Å². The highest BCUT2D eigenvalue weighted by atomic mass is 19.1. The third-order valence-corrected chi connectivity index (χ3v) is 5.64. The molecule has 0 bridgehead atoms. The Hall–Kier alpha value is -3.66. The highest BCUT2D eigenvalue weighted by Gasteiger charge is 2.35. The predicted octanol–water partition coefficient (Wildman–Crippen LogP) is 3.20. The lowest BCUT2D eigenvalue weighted by atomic mass is 9.98. The second-order valence-corrected chi connectivity index (χ2v) is 7.88. The van der Waals surface area contributed by atoms with Gasteiger partial charge in [0.05, 0.1) is 32.6 Å². The summed E-state index contributed by atoms with van der Waals surface area (Å²) in [4.78, 5) is 27.4. The minimum absolute atomic E-state index is 0.181. The van der Waals surface area contributed by atoms with Crippen LogP contribution in [-0.2, 0) is 9.53 Å². The molecule has 9 nitrogen and oxygen atoms in total. The monoisotopic (exact) mass is 486 g/mol. The Balaban J connectivity index is 1.94. The molecule has 10 heteroatoms. The zero-order chi connectivity index (χ0) is 25.4. The van der Waals surface area contributed by atoms with Crippen LogP contribution in [0, 0.1) is 5.82 Å². The summed E-state index contributed by atoms with van der Waals surface area (Å²) in [5.41, 5.74) is 2.14. The number of hydrogen-bond acceptors (Lipinski definition) is 6. The number of benzene rings is 2. The van der Waals surface area contributed by atoms with Crippen molar-refractivity contribution in [2.75, 3.05) is 47.6 Å². The number of carbonyl (C=O) groups is 2. The summed E-state index contributed by atoms with van der Waals surface area (Å²) in [5.74, 6) is 0.377. The molecule has 188 valence electrons. The van der Waals surface area contributed by atoms with E-state index >= 15 is 0 Å². The maximum Gasteiger partial charge on any atom is 0.317 e. The molecule has 35 heavy (non-hydrogen) atoms. The van der Waals surface area contributed by atoms with E-state index in [4.69, 9.17) is 14.2 Å². The maximum atomic E-state index is 13.5. The van der Waals surface area contributed by atoms with E-state index in [1.807, 2.05) is 6.07 Å². The van der Waals surface area contributed by atoms with Gasteiger partial charge in [-0.2, -0.15) is 5.10 Å². The topological polar surface area (TPSA) is 92.7 Å². The average Bonchev–Trinajstić information content (AvgIpc) is 3.32. The molecule has 0 saturated carbocycles. The van der Waals surface area contributed by atoms with E-state index in [0.717, 1.165) is 5.56 Å². The number of ether oxygens (including phenoxy) is 3. The SMILES string of the molecule is CCNC(=O)N(CCOC)CC(=O)N1N=C(c2ccc(F)cc2)CC1c1ccc(OC)c(OC)c1. The van der Waals surface area contributed by atoms with E-state index in [-0.39, 0.29) is 37.5 Å². The van der Waals surface area contributed by atoms with Gasteiger partial charge in [-0.1, -0.05) is 18.2 Å². The van der Waals surface area contributed by atoms with Gasteiger partial charge in [0.25, 0.3) is 5.91 Å². The van der Waals surface area contributed by atoms with Gasteiger partial charge in [-0.25, -0.2) is 14.2 Å². The zero-order valence-corrected chi connectivity index (χ0v) is 20.4. The van der Waals surface area contributed by atoms with Crippen molar-refractivity contribution in [3.05, 3.63) is 59.4 Å². The van der Waals surface area contributed by atoms with Crippen molar-refractivity contribution in [1.29, 1.82) is 0 Å². The molecule has 1 N–H and O–H groups in total. The molecule has 1 aliphatic heterocycles.